The van der Waals surface area contributed by atoms with Gasteiger partial charge in [0.2, 0.25) is 5.13 Å². The molecule has 0 radical (unpaired) electrons. The summed E-state index contributed by atoms with van der Waals surface area (Å²) >= 11 is 12.8. The maximum atomic E-state index is 6.23. The van der Waals surface area contributed by atoms with Gasteiger partial charge in [0.1, 0.15) is 32.3 Å². The summed E-state index contributed by atoms with van der Waals surface area (Å²) in [4.78, 5) is 16.5. The zero-order chi connectivity index (χ0) is 34.1. The number of nitrogen functional groups attached to an aromatic ring is 1. The number of aromatic nitrogens is 6. The fourth-order valence-electron chi connectivity index (χ4n) is 2.66. The molecule has 4 heterocycles. The molecule has 4 aromatic heterocycles. The molecular weight excluding hydrogens is 840 g/mol. The summed E-state index contributed by atoms with van der Waals surface area (Å²) in [5, 5.41) is 4.81. The normalized spacial score (nSPS) is 12.1. The minimum atomic E-state index is -1.76. The minimum absolute atomic E-state index is 0.201. The van der Waals surface area contributed by atoms with Crippen molar-refractivity contribution >= 4 is 104 Å². The van der Waals surface area contributed by atoms with Crippen LogP contribution in [0.4, 0.5) is 16.1 Å². The molecule has 10 nitrogen and oxygen atoms in total. The first-order valence-electron chi connectivity index (χ1n) is 14.0. The Balaban J connectivity index is 0.000000270. The number of rotatable bonds is 8. The van der Waals surface area contributed by atoms with Crippen LogP contribution in [0.1, 0.15) is 52.7 Å². The van der Waals surface area contributed by atoms with Crippen molar-refractivity contribution in [2.75, 3.05) is 11.1 Å². The second kappa shape index (κ2) is 17.3. The number of hydrogen-bond acceptors (Lipinski definition) is 12. The van der Waals surface area contributed by atoms with Gasteiger partial charge < -0.3 is 19.9 Å². The third-order valence-electron chi connectivity index (χ3n) is 7.58. The fourth-order valence-corrected chi connectivity index (χ4v) is 6.71. The predicted molar refractivity (Wildman–Crippen MR) is 203 cm³/mol. The number of pyridine rings is 2. The first-order chi connectivity index (χ1) is 20.7. The molecule has 0 bridgehead atoms. The van der Waals surface area contributed by atoms with Crippen LogP contribution < -0.4 is 11.1 Å². The zero-order valence-electron chi connectivity index (χ0n) is 27.4. The minimum Gasteiger partial charge on any atom is -0.412 e. The molecule has 0 amide bonds. The molecule has 248 valence electrons. The molecule has 0 saturated heterocycles. The summed E-state index contributed by atoms with van der Waals surface area (Å²) in [5.41, 5.74) is 7.27. The van der Waals surface area contributed by atoms with Crippen molar-refractivity contribution < 1.29 is 8.85 Å². The Morgan fingerprint density at radius 1 is 0.733 bits per heavy atom. The SMILES string of the molecule is CC(C)(C)[Si](C)(C)OCc1ccc(Br)nc1Br.CC(C)(C)[Si](C)(C)OCc1ccc(Nc2ncns2)nc1Br.Nc1ncns1. The van der Waals surface area contributed by atoms with Gasteiger partial charge in [-0.3, -0.25) is 0 Å². The maximum Gasteiger partial charge on any atom is 0.207 e. The van der Waals surface area contributed by atoms with Gasteiger partial charge in [-0.1, -0.05) is 53.7 Å². The number of halogens is 3. The third-order valence-corrected chi connectivity index (χ3v) is 19.4. The lowest BCUT2D eigenvalue weighted by atomic mass is 10.2. The van der Waals surface area contributed by atoms with Crippen molar-refractivity contribution in [2.45, 2.75) is 91.0 Å². The summed E-state index contributed by atoms with van der Waals surface area (Å²) in [6.45, 7) is 23.7. The van der Waals surface area contributed by atoms with E-state index in [9.17, 15) is 0 Å². The topological polar surface area (TPSA) is 134 Å². The van der Waals surface area contributed by atoms with Gasteiger partial charge >= 0.3 is 0 Å². The first kappa shape index (κ1) is 40.0. The highest BCUT2D eigenvalue weighted by molar-refractivity contribution is 9.11. The summed E-state index contributed by atoms with van der Waals surface area (Å²) in [6.07, 6.45) is 2.95. The highest BCUT2D eigenvalue weighted by Crippen LogP contribution is 2.38. The molecule has 45 heavy (non-hydrogen) atoms. The van der Waals surface area contributed by atoms with Gasteiger partial charge in [0.05, 0.1) is 13.2 Å². The summed E-state index contributed by atoms with van der Waals surface area (Å²) in [5.74, 6) is 0.736. The lowest BCUT2D eigenvalue weighted by Crippen LogP contribution is -2.40. The van der Waals surface area contributed by atoms with Gasteiger partial charge in [-0.2, -0.15) is 8.75 Å². The Bertz CT molecular complexity index is 1470. The van der Waals surface area contributed by atoms with Gasteiger partial charge in [0.25, 0.3) is 0 Å². The van der Waals surface area contributed by atoms with Crippen LogP contribution in [0, 0.1) is 0 Å². The summed E-state index contributed by atoms with van der Waals surface area (Å²) in [7, 11) is -3.44. The Labute approximate surface area is 302 Å². The Morgan fingerprint density at radius 2 is 1.22 bits per heavy atom. The molecule has 0 saturated carbocycles. The molecule has 3 N–H and O–H groups in total. The van der Waals surface area contributed by atoms with Gasteiger partial charge in [-0.25, -0.2) is 19.9 Å². The molecule has 0 aliphatic carbocycles. The molecule has 0 aromatic carbocycles. The quantitative estimate of drug-likeness (QED) is 0.130. The number of anilines is 3. The first-order valence-corrected chi connectivity index (χ1v) is 23.8. The van der Waals surface area contributed by atoms with E-state index in [1.165, 1.54) is 35.7 Å². The van der Waals surface area contributed by atoms with Crippen LogP contribution in [0.3, 0.4) is 0 Å². The van der Waals surface area contributed by atoms with Crippen molar-refractivity contribution in [2.24, 2.45) is 0 Å². The Hall–Kier alpha value is -1.19. The van der Waals surface area contributed by atoms with E-state index >= 15 is 0 Å². The molecule has 0 atom stereocenters. The smallest absolute Gasteiger partial charge is 0.207 e. The van der Waals surface area contributed by atoms with E-state index in [0.717, 1.165) is 35.9 Å². The standard InChI is InChI=1S/C14H21BrN4OSSi.C12H19Br2NOSi.C2H3N3S/c1-14(2,3)22(4,5)20-8-10-6-7-11(18-12(10)15)19-13-16-9-17-21-13;1-12(2,3)17(4,5)16-8-9-6-7-10(13)15-11(9)14;3-2-4-1-5-6-2/h6-7,9H,8H2,1-5H3,(H,16,17,18,19);6-7H,8H2,1-5H3;1H,(H2,3,4,5). The van der Waals surface area contributed by atoms with E-state index in [-0.39, 0.29) is 10.1 Å². The lowest BCUT2D eigenvalue weighted by molar-refractivity contribution is 0.275. The van der Waals surface area contributed by atoms with Crippen LogP contribution in [-0.2, 0) is 22.1 Å². The second-order valence-corrected chi connectivity index (χ2v) is 26.5. The fraction of sp³-hybridized carbons (Fsp3) is 0.500. The van der Waals surface area contributed by atoms with Crippen molar-refractivity contribution in [1.82, 2.24) is 28.7 Å². The summed E-state index contributed by atoms with van der Waals surface area (Å²) in [6, 6.07) is 7.92. The average molecular weight is 884 g/mol. The van der Waals surface area contributed by atoms with Gasteiger partial charge in [-0.15, -0.1) is 0 Å². The van der Waals surface area contributed by atoms with E-state index in [1.807, 2.05) is 24.3 Å². The summed E-state index contributed by atoms with van der Waals surface area (Å²) < 4.78 is 22.4. The van der Waals surface area contributed by atoms with Crippen LogP contribution in [0.15, 0.2) is 50.7 Å². The molecule has 0 aliphatic heterocycles. The third kappa shape index (κ3) is 13.5. The van der Waals surface area contributed by atoms with Crippen molar-refractivity contribution in [3.05, 3.63) is 61.9 Å². The Kier molecular flexibility index (Phi) is 15.4. The average Bonchev–Trinajstić information content (AvgIpc) is 3.61. The number of nitrogens with two attached hydrogens (primary N) is 1. The van der Waals surface area contributed by atoms with Crippen molar-refractivity contribution in [3.63, 3.8) is 0 Å². The predicted octanol–water partition coefficient (Wildman–Crippen LogP) is 10.2. The van der Waals surface area contributed by atoms with Crippen molar-refractivity contribution in [3.8, 4) is 0 Å². The van der Waals surface area contributed by atoms with Crippen LogP contribution in [0.25, 0.3) is 0 Å². The van der Waals surface area contributed by atoms with Gasteiger partial charge in [0.15, 0.2) is 21.8 Å². The monoisotopic (exact) mass is 880 g/mol. The van der Waals surface area contributed by atoms with Crippen LogP contribution in [0.5, 0.6) is 0 Å². The largest absolute Gasteiger partial charge is 0.412 e. The Morgan fingerprint density at radius 3 is 1.60 bits per heavy atom. The van der Waals surface area contributed by atoms with Crippen molar-refractivity contribution in [1.29, 1.82) is 0 Å². The maximum absolute atomic E-state index is 6.23. The highest BCUT2D eigenvalue weighted by atomic mass is 79.9. The molecule has 0 fully saturated rings. The molecular formula is C28H43Br3N8O2S2Si2. The zero-order valence-corrected chi connectivity index (χ0v) is 35.8. The number of nitrogens with zero attached hydrogens (tertiary/aromatic N) is 6. The van der Waals surface area contributed by atoms with E-state index in [0.29, 0.717) is 18.3 Å². The van der Waals surface area contributed by atoms with Gasteiger partial charge in [0, 0.05) is 34.2 Å². The molecule has 0 aliphatic rings. The van der Waals surface area contributed by atoms with E-state index in [1.54, 1.807) is 0 Å². The molecule has 17 heteroatoms. The highest BCUT2D eigenvalue weighted by Gasteiger charge is 2.38. The molecule has 4 rings (SSSR count). The number of hydrogen-bond donors (Lipinski definition) is 2. The van der Waals surface area contributed by atoms with E-state index in [4.69, 9.17) is 14.6 Å². The number of nitrogens with one attached hydrogen (secondary N) is 1. The van der Waals surface area contributed by atoms with Crippen LogP contribution >= 0.6 is 70.9 Å². The lowest BCUT2D eigenvalue weighted by Gasteiger charge is -2.36. The molecule has 0 spiro atoms. The van der Waals surface area contributed by atoms with Crippen LogP contribution in [-0.4, -0.2) is 45.3 Å². The molecule has 0 unspecified atom stereocenters. The molecule has 4 aromatic rings. The van der Waals surface area contributed by atoms with Crippen LogP contribution in [0.2, 0.25) is 36.3 Å². The van der Waals surface area contributed by atoms with E-state index in [2.05, 4.69) is 150 Å². The van der Waals surface area contributed by atoms with E-state index < -0.39 is 16.6 Å². The van der Waals surface area contributed by atoms with Gasteiger partial charge in [-0.05, 0) is 96.2 Å². The second-order valence-electron chi connectivity index (χ2n) is 13.0.